The van der Waals surface area contributed by atoms with Crippen LogP contribution in [0, 0.1) is 6.92 Å². The first-order valence-electron chi connectivity index (χ1n) is 6.46. The lowest BCUT2D eigenvalue weighted by Crippen LogP contribution is -2.26. The first kappa shape index (κ1) is 14.8. The summed E-state index contributed by atoms with van der Waals surface area (Å²) in [7, 11) is 3.48. The molecule has 0 saturated heterocycles. The number of aryl methyl sites for hydroxylation is 2. The van der Waals surface area contributed by atoms with Gasteiger partial charge < -0.3 is 10.0 Å². The number of carboxylic acids is 1. The second-order valence-electron chi connectivity index (χ2n) is 4.97. The Morgan fingerprint density at radius 3 is 2.38 bits per heavy atom. The van der Waals surface area contributed by atoms with Crippen molar-refractivity contribution in [2.24, 2.45) is 7.05 Å². The number of carbonyl (C=O) groups excluding carboxylic acids is 1. The molecule has 0 unspecified atom stereocenters. The Hall–Kier alpha value is -2.63. The van der Waals surface area contributed by atoms with E-state index in [1.807, 2.05) is 0 Å². The summed E-state index contributed by atoms with van der Waals surface area (Å²) in [6.45, 7) is 2.20. The van der Waals surface area contributed by atoms with Crippen molar-refractivity contribution < 1.29 is 14.7 Å². The molecule has 0 saturated carbocycles. The van der Waals surface area contributed by atoms with Crippen LogP contribution >= 0.6 is 0 Å². The van der Waals surface area contributed by atoms with Gasteiger partial charge in [0.15, 0.2) is 0 Å². The number of carbonyl (C=O) groups is 2. The first-order chi connectivity index (χ1) is 9.88. The minimum absolute atomic E-state index is 0.108. The molecule has 1 heterocycles. The largest absolute Gasteiger partial charge is 0.478 e. The van der Waals surface area contributed by atoms with Crippen LogP contribution in [-0.2, 0) is 13.6 Å². The van der Waals surface area contributed by atoms with Crippen LogP contribution in [0.15, 0.2) is 30.5 Å². The molecule has 6 heteroatoms. The van der Waals surface area contributed by atoms with Gasteiger partial charge in [-0.25, -0.2) is 4.79 Å². The Morgan fingerprint density at radius 2 is 1.90 bits per heavy atom. The predicted molar refractivity (Wildman–Crippen MR) is 77.1 cm³/mol. The predicted octanol–water partition coefficient (Wildman–Crippen LogP) is 1.70. The van der Waals surface area contributed by atoms with Crippen LogP contribution in [0.2, 0.25) is 0 Å². The Bertz CT molecular complexity index is 674. The number of rotatable bonds is 4. The van der Waals surface area contributed by atoms with E-state index in [1.165, 1.54) is 12.1 Å². The lowest BCUT2D eigenvalue weighted by molar-refractivity contribution is 0.0695. The highest BCUT2D eigenvalue weighted by Crippen LogP contribution is 2.12. The van der Waals surface area contributed by atoms with Crippen LogP contribution < -0.4 is 0 Å². The molecule has 1 N–H and O–H groups in total. The third-order valence-electron chi connectivity index (χ3n) is 3.21. The molecule has 0 radical (unpaired) electrons. The van der Waals surface area contributed by atoms with Crippen molar-refractivity contribution in [1.29, 1.82) is 0 Å². The van der Waals surface area contributed by atoms with Gasteiger partial charge in [-0.15, -0.1) is 0 Å². The van der Waals surface area contributed by atoms with Crippen molar-refractivity contribution in [2.75, 3.05) is 7.05 Å². The highest BCUT2D eigenvalue weighted by molar-refractivity contribution is 5.94. The quantitative estimate of drug-likeness (QED) is 0.928. The van der Waals surface area contributed by atoms with E-state index in [4.69, 9.17) is 5.11 Å². The van der Waals surface area contributed by atoms with Crippen LogP contribution in [0.5, 0.6) is 0 Å². The molecule has 0 aliphatic rings. The van der Waals surface area contributed by atoms with E-state index in [0.717, 1.165) is 5.56 Å². The molecule has 2 aromatic rings. The fourth-order valence-corrected chi connectivity index (χ4v) is 2.11. The molecule has 0 bridgehead atoms. The summed E-state index contributed by atoms with van der Waals surface area (Å²) in [5, 5.41) is 13.0. The molecule has 1 amide bonds. The highest BCUT2D eigenvalue weighted by Gasteiger charge is 2.17. The van der Waals surface area contributed by atoms with E-state index in [-0.39, 0.29) is 11.5 Å². The van der Waals surface area contributed by atoms with Crippen LogP contribution in [0.3, 0.4) is 0 Å². The number of hydrogen-bond acceptors (Lipinski definition) is 3. The van der Waals surface area contributed by atoms with Gasteiger partial charge in [0.2, 0.25) is 0 Å². The third-order valence-corrected chi connectivity index (χ3v) is 3.21. The summed E-state index contributed by atoms with van der Waals surface area (Å²) >= 11 is 0. The minimum Gasteiger partial charge on any atom is -0.478 e. The topological polar surface area (TPSA) is 75.4 Å². The van der Waals surface area contributed by atoms with E-state index in [2.05, 4.69) is 5.10 Å². The van der Waals surface area contributed by atoms with Crippen molar-refractivity contribution in [2.45, 2.75) is 13.5 Å². The van der Waals surface area contributed by atoms with Gasteiger partial charge in [0.25, 0.3) is 5.91 Å². The number of aromatic nitrogens is 2. The van der Waals surface area contributed by atoms with E-state index in [0.29, 0.717) is 17.8 Å². The SMILES string of the molecule is Cc1nn(C)cc1C(=O)N(C)Cc1ccc(C(=O)O)cc1. The molecule has 0 atom stereocenters. The van der Waals surface area contributed by atoms with Gasteiger partial charge in [0, 0.05) is 26.8 Å². The normalized spacial score (nSPS) is 10.4. The van der Waals surface area contributed by atoms with Crippen LogP contribution in [0.4, 0.5) is 0 Å². The lowest BCUT2D eigenvalue weighted by atomic mass is 10.1. The molecular formula is C15H17N3O3. The molecule has 110 valence electrons. The number of carboxylic acid groups (broad SMARTS) is 1. The molecule has 21 heavy (non-hydrogen) atoms. The van der Waals surface area contributed by atoms with Crippen molar-refractivity contribution in [3.63, 3.8) is 0 Å². The van der Waals surface area contributed by atoms with Gasteiger partial charge >= 0.3 is 5.97 Å². The summed E-state index contributed by atoms with van der Waals surface area (Å²) in [6.07, 6.45) is 1.70. The first-order valence-corrected chi connectivity index (χ1v) is 6.46. The monoisotopic (exact) mass is 287 g/mol. The average molecular weight is 287 g/mol. The van der Waals surface area contributed by atoms with Gasteiger partial charge in [0.05, 0.1) is 16.8 Å². The summed E-state index contributed by atoms with van der Waals surface area (Å²) in [4.78, 5) is 24.7. The third kappa shape index (κ3) is 3.28. The fourth-order valence-electron chi connectivity index (χ4n) is 2.11. The maximum atomic E-state index is 12.3. The Morgan fingerprint density at radius 1 is 1.29 bits per heavy atom. The average Bonchev–Trinajstić information content (AvgIpc) is 2.77. The Balaban J connectivity index is 2.10. The highest BCUT2D eigenvalue weighted by atomic mass is 16.4. The van der Waals surface area contributed by atoms with Gasteiger partial charge in [-0.1, -0.05) is 12.1 Å². The van der Waals surface area contributed by atoms with Crippen molar-refractivity contribution in [3.8, 4) is 0 Å². The molecular weight excluding hydrogens is 270 g/mol. The number of aromatic carboxylic acids is 1. The van der Waals surface area contributed by atoms with Gasteiger partial charge in [-0.2, -0.15) is 5.10 Å². The van der Waals surface area contributed by atoms with E-state index >= 15 is 0 Å². The summed E-state index contributed by atoms with van der Waals surface area (Å²) < 4.78 is 1.61. The number of benzene rings is 1. The second kappa shape index (κ2) is 5.78. The number of amides is 1. The maximum absolute atomic E-state index is 12.3. The lowest BCUT2D eigenvalue weighted by Gasteiger charge is -2.17. The Labute approximate surface area is 122 Å². The molecule has 2 rings (SSSR count). The van der Waals surface area contributed by atoms with Gasteiger partial charge in [0.1, 0.15) is 0 Å². The van der Waals surface area contributed by atoms with Crippen molar-refractivity contribution >= 4 is 11.9 Å². The van der Waals surface area contributed by atoms with E-state index < -0.39 is 5.97 Å². The van der Waals surface area contributed by atoms with Crippen LogP contribution in [0.1, 0.15) is 32.0 Å². The van der Waals surface area contributed by atoms with Crippen LogP contribution in [0.25, 0.3) is 0 Å². The second-order valence-corrected chi connectivity index (χ2v) is 4.97. The molecule has 0 spiro atoms. The molecule has 6 nitrogen and oxygen atoms in total. The summed E-state index contributed by atoms with van der Waals surface area (Å²) in [6, 6.07) is 6.49. The standard InChI is InChI=1S/C15H17N3O3/c1-10-13(9-18(3)16-10)14(19)17(2)8-11-4-6-12(7-5-11)15(20)21/h4-7,9H,8H2,1-3H3,(H,20,21). The summed E-state index contributed by atoms with van der Waals surface area (Å²) in [5.41, 5.74) is 2.37. The zero-order valence-corrected chi connectivity index (χ0v) is 12.2. The number of hydrogen-bond donors (Lipinski definition) is 1. The van der Waals surface area contributed by atoms with Gasteiger partial charge in [-0.05, 0) is 24.6 Å². The zero-order chi connectivity index (χ0) is 15.6. The Kier molecular flexibility index (Phi) is 4.07. The van der Waals surface area contributed by atoms with Crippen molar-refractivity contribution in [1.82, 2.24) is 14.7 Å². The maximum Gasteiger partial charge on any atom is 0.335 e. The smallest absolute Gasteiger partial charge is 0.335 e. The van der Waals surface area contributed by atoms with Crippen molar-refractivity contribution in [3.05, 3.63) is 52.8 Å². The summed E-state index contributed by atoms with van der Waals surface area (Å²) in [5.74, 6) is -1.07. The molecule has 0 aliphatic heterocycles. The molecule has 1 aromatic heterocycles. The fraction of sp³-hybridized carbons (Fsp3) is 0.267. The number of nitrogens with zero attached hydrogens (tertiary/aromatic N) is 3. The minimum atomic E-state index is -0.961. The van der Waals surface area contributed by atoms with Gasteiger partial charge in [-0.3, -0.25) is 9.48 Å². The van der Waals surface area contributed by atoms with E-state index in [9.17, 15) is 9.59 Å². The molecule has 0 fully saturated rings. The molecule has 0 aliphatic carbocycles. The van der Waals surface area contributed by atoms with Crippen LogP contribution in [-0.4, -0.2) is 38.7 Å². The van der Waals surface area contributed by atoms with E-state index in [1.54, 1.807) is 48.9 Å². The molecule has 1 aromatic carbocycles. The zero-order valence-electron chi connectivity index (χ0n) is 12.2.